The van der Waals surface area contributed by atoms with Crippen LogP contribution in [0.5, 0.6) is 5.75 Å². The van der Waals surface area contributed by atoms with Crippen LogP contribution in [0.4, 0.5) is 5.69 Å². The summed E-state index contributed by atoms with van der Waals surface area (Å²) in [7, 11) is 1.63. The Labute approximate surface area is 149 Å². The maximum absolute atomic E-state index is 12.7. The molecule has 1 fully saturated rings. The fraction of sp³-hybridized carbons (Fsp3) is 0.381. The number of nitrogens with zero attached hydrogens (tertiary/aromatic N) is 1. The summed E-state index contributed by atoms with van der Waals surface area (Å²) >= 11 is 0. The van der Waals surface area contributed by atoms with Gasteiger partial charge in [0.25, 0.3) is 0 Å². The van der Waals surface area contributed by atoms with E-state index >= 15 is 0 Å². The van der Waals surface area contributed by atoms with Gasteiger partial charge in [0.2, 0.25) is 5.91 Å². The smallest absolute Gasteiger partial charge is 0.235 e. The molecule has 1 amide bonds. The van der Waals surface area contributed by atoms with Crippen LogP contribution in [0.2, 0.25) is 0 Å². The van der Waals surface area contributed by atoms with Gasteiger partial charge in [0.15, 0.2) is 0 Å². The standard InChI is InChI=1S/C21H25NO3/c1-15(25-14-16-8-6-5-7-9-16)19-21(2,3)20(23)22(19)17-10-12-18(24-4)13-11-17/h5-13,15,19H,14H2,1-4H3/t15-,19-/m0/s1. The van der Waals surface area contributed by atoms with E-state index in [0.29, 0.717) is 6.61 Å². The molecule has 1 saturated heterocycles. The highest BCUT2D eigenvalue weighted by atomic mass is 16.5. The van der Waals surface area contributed by atoms with E-state index < -0.39 is 5.41 Å². The molecule has 0 aromatic heterocycles. The fourth-order valence-electron chi connectivity index (χ4n) is 3.53. The molecule has 0 radical (unpaired) electrons. The predicted octanol–water partition coefficient (Wildman–Crippen LogP) is 4.04. The van der Waals surface area contributed by atoms with Gasteiger partial charge >= 0.3 is 0 Å². The van der Waals surface area contributed by atoms with Gasteiger partial charge in [-0.3, -0.25) is 4.79 Å². The maximum Gasteiger partial charge on any atom is 0.235 e. The number of hydrogen-bond acceptors (Lipinski definition) is 3. The van der Waals surface area contributed by atoms with Gasteiger partial charge in [0.1, 0.15) is 5.75 Å². The van der Waals surface area contributed by atoms with Crippen LogP contribution in [0.25, 0.3) is 0 Å². The topological polar surface area (TPSA) is 38.8 Å². The van der Waals surface area contributed by atoms with Gasteiger partial charge in [-0.1, -0.05) is 30.3 Å². The minimum atomic E-state index is -0.434. The first-order valence-electron chi connectivity index (χ1n) is 8.58. The molecule has 0 saturated carbocycles. The molecule has 4 nitrogen and oxygen atoms in total. The Morgan fingerprint density at radius 3 is 2.32 bits per heavy atom. The number of anilines is 1. The Morgan fingerprint density at radius 1 is 1.08 bits per heavy atom. The van der Waals surface area contributed by atoms with E-state index in [1.54, 1.807) is 7.11 Å². The van der Waals surface area contributed by atoms with Crippen molar-refractivity contribution in [2.24, 2.45) is 5.41 Å². The predicted molar refractivity (Wildman–Crippen MR) is 98.7 cm³/mol. The molecule has 2 atom stereocenters. The van der Waals surface area contributed by atoms with Crippen molar-refractivity contribution in [3.63, 3.8) is 0 Å². The van der Waals surface area contributed by atoms with Crippen LogP contribution in [-0.2, 0) is 16.1 Å². The van der Waals surface area contributed by atoms with Gasteiger partial charge in [-0.15, -0.1) is 0 Å². The number of carbonyl (C=O) groups excluding carboxylic acids is 1. The number of rotatable bonds is 6. The summed E-state index contributed by atoms with van der Waals surface area (Å²) in [5.74, 6) is 0.902. The lowest BCUT2D eigenvalue weighted by Gasteiger charge is -2.55. The lowest BCUT2D eigenvalue weighted by Crippen LogP contribution is -2.70. The molecule has 0 spiro atoms. The van der Waals surface area contributed by atoms with Crippen LogP contribution in [0.15, 0.2) is 54.6 Å². The van der Waals surface area contributed by atoms with Crippen molar-refractivity contribution >= 4 is 11.6 Å². The zero-order valence-electron chi connectivity index (χ0n) is 15.2. The Bertz CT molecular complexity index is 725. The molecule has 0 aliphatic carbocycles. The summed E-state index contributed by atoms with van der Waals surface area (Å²) < 4.78 is 11.3. The molecule has 1 heterocycles. The van der Waals surface area contributed by atoms with Crippen molar-refractivity contribution in [1.29, 1.82) is 0 Å². The van der Waals surface area contributed by atoms with E-state index in [0.717, 1.165) is 17.0 Å². The first-order chi connectivity index (χ1) is 11.9. The molecule has 132 valence electrons. The normalized spacial score (nSPS) is 20.1. The quantitative estimate of drug-likeness (QED) is 0.746. The van der Waals surface area contributed by atoms with Gasteiger partial charge in [-0.2, -0.15) is 0 Å². The second-order valence-electron chi connectivity index (χ2n) is 7.04. The van der Waals surface area contributed by atoms with E-state index in [9.17, 15) is 4.79 Å². The van der Waals surface area contributed by atoms with Crippen LogP contribution in [-0.4, -0.2) is 25.2 Å². The van der Waals surface area contributed by atoms with Crippen molar-refractivity contribution in [3.05, 3.63) is 60.2 Å². The number of amides is 1. The lowest BCUT2D eigenvalue weighted by atomic mass is 9.71. The van der Waals surface area contributed by atoms with Crippen LogP contribution < -0.4 is 9.64 Å². The SMILES string of the molecule is COc1ccc(N2C(=O)C(C)(C)[C@@H]2[C@H](C)OCc2ccccc2)cc1. The summed E-state index contributed by atoms with van der Waals surface area (Å²) in [4.78, 5) is 14.5. The number of hydrogen-bond donors (Lipinski definition) is 0. The molecule has 2 aromatic rings. The summed E-state index contributed by atoms with van der Waals surface area (Å²) in [5.41, 5.74) is 1.58. The summed E-state index contributed by atoms with van der Waals surface area (Å²) in [6.45, 7) is 6.56. The van der Waals surface area contributed by atoms with Crippen molar-refractivity contribution < 1.29 is 14.3 Å². The zero-order chi connectivity index (χ0) is 18.0. The molecule has 0 bridgehead atoms. The molecule has 1 aliphatic heterocycles. The van der Waals surface area contributed by atoms with Crippen LogP contribution in [0, 0.1) is 5.41 Å². The van der Waals surface area contributed by atoms with Crippen molar-refractivity contribution in [2.75, 3.05) is 12.0 Å². The molecule has 1 aliphatic rings. The largest absolute Gasteiger partial charge is 0.497 e. The van der Waals surface area contributed by atoms with Crippen LogP contribution >= 0.6 is 0 Å². The Morgan fingerprint density at radius 2 is 1.72 bits per heavy atom. The van der Waals surface area contributed by atoms with E-state index in [1.807, 2.05) is 80.3 Å². The summed E-state index contributed by atoms with van der Waals surface area (Å²) in [5, 5.41) is 0. The van der Waals surface area contributed by atoms with Gasteiger partial charge < -0.3 is 14.4 Å². The molecule has 25 heavy (non-hydrogen) atoms. The second-order valence-corrected chi connectivity index (χ2v) is 7.04. The highest BCUT2D eigenvalue weighted by Crippen LogP contribution is 2.44. The van der Waals surface area contributed by atoms with Gasteiger partial charge in [0.05, 0.1) is 31.3 Å². The number of carbonyl (C=O) groups is 1. The third kappa shape index (κ3) is 3.27. The third-order valence-corrected chi connectivity index (χ3v) is 4.94. The monoisotopic (exact) mass is 339 g/mol. The van der Waals surface area contributed by atoms with E-state index in [2.05, 4.69) is 0 Å². The van der Waals surface area contributed by atoms with Gasteiger partial charge in [-0.05, 0) is 50.6 Å². The van der Waals surface area contributed by atoms with Crippen molar-refractivity contribution in [1.82, 2.24) is 0 Å². The Hall–Kier alpha value is -2.33. The molecule has 0 unspecified atom stereocenters. The van der Waals surface area contributed by atoms with Gasteiger partial charge in [0, 0.05) is 5.69 Å². The van der Waals surface area contributed by atoms with E-state index in [4.69, 9.17) is 9.47 Å². The fourth-order valence-corrected chi connectivity index (χ4v) is 3.53. The number of β-lactam (4-membered cyclic amide) rings is 1. The minimum Gasteiger partial charge on any atom is -0.497 e. The average Bonchev–Trinajstić information content (AvgIpc) is 2.64. The lowest BCUT2D eigenvalue weighted by molar-refractivity contribution is -0.143. The van der Waals surface area contributed by atoms with Crippen molar-refractivity contribution in [3.8, 4) is 5.75 Å². The summed E-state index contributed by atoms with van der Waals surface area (Å²) in [6.07, 6.45) is -0.0741. The Kier molecular flexibility index (Phi) is 4.82. The number of methoxy groups -OCH3 is 1. The van der Waals surface area contributed by atoms with Crippen LogP contribution in [0.1, 0.15) is 26.3 Å². The Balaban J connectivity index is 1.75. The molecule has 3 rings (SSSR count). The van der Waals surface area contributed by atoms with E-state index in [1.165, 1.54) is 0 Å². The molecule has 2 aromatic carbocycles. The third-order valence-electron chi connectivity index (χ3n) is 4.94. The number of ether oxygens (including phenoxy) is 2. The highest BCUT2D eigenvalue weighted by Gasteiger charge is 2.57. The second kappa shape index (κ2) is 6.89. The highest BCUT2D eigenvalue weighted by molar-refractivity contribution is 6.05. The summed E-state index contributed by atoms with van der Waals surface area (Å²) in [6, 6.07) is 17.7. The number of benzene rings is 2. The molecule has 4 heteroatoms. The van der Waals surface area contributed by atoms with Gasteiger partial charge in [-0.25, -0.2) is 0 Å². The molecular formula is C21H25NO3. The van der Waals surface area contributed by atoms with Crippen LogP contribution in [0.3, 0.4) is 0 Å². The van der Waals surface area contributed by atoms with Crippen molar-refractivity contribution in [2.45, 2.75) is 39.5 Å². The molecular weight excluding hydrogens is 314 g/mol. The maximum atomic E-state index is 12.7. The first kappa shape index (κ1) is 17.5. The molecule has 0 N–H and O–H groups in total. The minimum absolute atomic E-state index is 0.00268. The first-order valence-corrected chi connectivity index (χ1v) is 8.58. The zero-order valence-corrected chi connectivity index (χ0v) is 15.2. The average molecular weight is 339 g/mol. The van der Waals surface area contributed by atoms with E-state index in [-0.39, 0.29) is 18.1 Å².